The van der Waals surface area contributed by atoms with E-state index in [0.717, 1.165) is 0 Å². The number of hydrogen-bond acceptors (Lipinski definition) is 6. The van der Waals surface area contributed by atoms with Crippen molar-refractivity contribution in [3.8, 4) is 0 Å². The van der Waals surface area contributed by atoms with E-state index in [2.05, 4.69) is 20.7 Å². The zero-order valence-electron chi connectivity index (χ0n) is 10.9. The minimum absolute atomic E-state index is 0.0670. The number of likely N-dealkylation sites (N-methyl/N-ethyl adjacent to an activating group) is 2. The molecule has 0 atom stereocenters. The summed E-state index contributed by atoms with van der Waals surface area (Å²) in [6, 6.07) is 0. The third kappa shape index (κ3) is 2.74. The lowest BCUT2D eigenvalue weighted by molar-refractivity contribution is -0.119. The van der Waals surface area contributed by atoms with E-state index in [4.69, 9.17) is 5.84 Å². The Hall–Kier alpha value is -2.35. The third-order valence-corrected chi connectivity index (χ3v) is 2.62. The molecule has 4 N–H and O–H groups in total. The molecule has 0 radical (unpaired) electrons. The molecule has 2 heterocycles. The number of anilines is 2. The van der Waals surface area contributed by atoms with Gasteiger partial charge in [-0.1, -0.05) is 0 Å². The first-order chi connectivity index (χ1) is 9.15. The number of amides is 1. The van der Waals surface area contributed by atoms with Crippen LogP contribution in [0.3, 0.4) is 0 Å². The number of fused-ring (bicyclic) bond motifs is 1. The van der Waals surface area contributed by atoms with Crippen LogP contribution in [0.2, 0.25) is 0 Å². The lowest BCUT2D eigenvalue weighted by Crippen LogP contribution is -2.35. The number of nitrogens with two attached hydrogens (primary N) is 1. The zero-order valence-corrected chi connectivity index (χ0v) is 10.9. The molecule has 0 saturated heterocycles. The summed E-state index contributed by atoms with van der Waals surface area (Å²) in [6.07, 6.45) is 5.19. The van der Waals surface area contributed by atoms with Crippen LogP contribution in [0.1, 0.15) is 6.92 Å². The van der Waals surface area contributed by atoms with E-state index in [1.807, 2.05) is 6.92 Å². The van der Waals surface area contributed by atoms with Crippen molar-refractivity contribution < 1.29 is 4.79 Å². The second-order valence-electron chi connectivity index (χ2n) is 4.06. The van der Waals surface area contributed by atoms with Gasteiger partial charge in [0.1, 0.15) is 0 Å². The minimum atomic E-state index is -0.0670. The number of nitrogen functional groups attached to an aromatic ring is 1. The van der Waals surface area contributed by atoms with E-state index in [9.17, 15) is 4.79 Å². The molecule has 0 aliphatic carbocycles. The monoisotopic (exact) mass is 263 g/mol. The van der Waals surface area contributed by atoms with Crippen molar-refractivity contribution in [2.45, 2.75) is 6.92 Å². The molecule has 19 heavy (non-hydrogen) atoms. The number of carbonyl (C=O) groups is 1. The Morgan fingerprint density at radius 2 is 2.37 bits per heavy atom. The number of nitrogens with one attached hydrogen (secondary N) is 2. The van der Waals surface area contributed by atoms with Crippen LogP contribution in [-0.4, -0.2) is 40.4 Å². The number of hydrogen-bond donors (Lipinski definition) is 3. The van der Waals surface area contributed by atoms with Gasteiger partial charge in [0.25, 0.3) is 0 Å². The number of hydrazine groups is 1. The molecule has 102 valence electrons. The quantitative estimate of drug-likeness (QED) is 0.501. The minimum Gasteiger partial charge on any atom is -0.355 e. The van der Waals surface area contributed by atoms with Crippen molar-refractivity contribution in [1.82, 2.24) is 19.7 Å². The summed E-state index contributed by atoms with van der Waals surface area (Å²) < 4.78 is 1.80. The lowest BCUT2D eigenvalue weighted by atomic mass is 10.4. The Morgan fingerprint density at radius 3 is 3.05 bits per heavy atom. The van der Waals surface area contributed by atoms with Gasteiger partial charge in [-0.05, 0) is 6.92 Å². The molecule has 0 fully saturated rings. The summed E-state index contributed by atoms with van der Waals surface area (Å²) in [7, 11) is 1.78. The molecule has 2 rings (SSSR count). The first-order valence-electron chi connectivity index (χ1n) is 5.94. The molecule has 2 aromatic rings. The normalized spacial score (nSPS) is 10.5. The molecule has 2 aromatic heterocycles. The van der Waals surface area contributed by atoms with E-state index < -0.39 is 0 Å². The molecule has 8 nitrogen and oxygen atoms in total. The van der Waals surface area contributed by atoms with Gasteiger partial charge in [-0.15, -0.1) is 0 Å². The highest BCUT2D eigenvalue weighted by atomic mass is 16.2. The number of aromatic nitrogens is 3. The van der Waals surface area contributed by atoms with Crippen molar-refractivity contribution in [2.24, 2.45) is 5.84 Å². The van der Waals surface area contributed by atoms with Gasteiger partial charge < -0.3 is 20.0 Å². The SMILES string of the molecule is CCNC(=O)CN(C)c1nc(NN)cn2ccnc12. The lowest BCUT2D eigenvalue weighted by Gasteiger charge is -2.18. The number of nitrogens with zero attached hydrogens (tertiary/aromatic N) is 4. The molecule has 0 aliphatic rings. The maximum absolute atomic E-state index is 11.6. The maximum atomic E-state index is 11.6. The van der Waals surface area contributed by atoms with E-state index >= 15 is 0 Å². The van der Waals surface area contributed by atoms with Gasteiger partial charge in [-0.3, -0.25) is 4.79 Å². The molecule has 0 saturated carbocycles. The van der Waals surface area contributed by atoms with Crippen LogP contribution in [0.5, 0.6) is 0 Å². The van der Waals surface area contributed by atoms with Gasteiger partial charge in [-0.2, -0.15) is 0 Å². The largest absolute Gasteiger partial charge is 0.355 e. The fourth-order valence-corrected chi connectivity index (χ4v) is 1.78. The average molecular weight is 263 g/mol. The number of carbonyl (C=O) groups excluding carboxylic acids is 1. The second kappa shape index (κ2) is 5.53. The van der Waals surface area contributed by atoms with Crippen LogP contribution in [0.4, 0.5) is 11.6 Å². The van der Waals surface area contributed by atoms with Crippen LogP contribution in [-0.2, 0) is 4.79 Å². The zero-order chi connectivity index (χ0) is 13.8. The Labute approximate surface area is 110 Å². The molecule has 0 aromatic carbocycles. The Kier molecular flexibility index (Phi) is 3.81. The van der Waals surface area contributed by atoms with Crippen LogP contribution in [0, 0.1) is 0 Å². The molecular weight excluding hydrogens is 246 g/mol. The van der Waals surface area contributed by atoms with Crippen molar-refractivity contribution in [3.63, 3.8) is 0 Å². The maximum Gasteiger partial charge on any atom is 0.239 e. The highest BCUT2D eigenvalue weighted by Crippen LogP contribution is 2.18. The van der Waals surface area contributed by atoms with Crippen molar-refractivity contribution in [3.05, 3.63) is 18.6 Å². The summed E-state index contributed by atoms with van der Waals surface area (Å²) in [6.45, 7) is 2.68. The standard InChI is InChI=1S/C11H17N7O/c1-3-13-9(19)7-17(2)11-10-14-4-5-18(10)6-8(15-11)16-12/h4-6,16H,3,7,12H2,1-2H3,(H,13,19). The summed E-state index contributed by atoms with van der Waals surface area (Å²) in [5.74, 6) is 6.41. The van der Waals surface area contributed by atoms with Crippen molar-refractivity contribution >= 4 is 23.2 Å². The molecule has 8 heteroatoms. The van der Waals surface area contributed by atoms with E-state index in [-0.39, 0.29) is 12.5 Å². The smallest absolute Gasteiger partial charge is 0.239 e. The molecule has 0 unspecified atom stereocenters. The molecular formula is C11H17N7O. The molecule has 0 bridgehead atoms. The van der Waals surface area contributed by atoms with Crippen LogP contribution >= 0.6 is 0 Å². The molecule has 1 amide bonds. The van der Waals surface area contributed by atoms with Gasteiger partial charge in [0.15, 0.2) is 17.3 Å². The predicted molar refractivity (Wildman–Crippen MR) is 72.8 cm³/mol. The Bertz CT molecular complexity index is 579. The van der Waals surface area contributed by atoms with Gasteiger partial charge in [-0.25, -0.2) is 15.8 Å². The van der Waals surface area contributed by atoms with Crippen LogP contribution in [0.15, 0.2) is 18.6 Å². The fraction of sp³-hybridized carbons (Fsp3) is 0.364. The van der Waals surface area contributed by atoms with Crippen LogP contribution < -0.4 is 21.5 Å². The third-order valence-electron chi connectivity index (χ3n) is 2.62. The van der Waals surface area contributed by atoms with Crippen molar-refractivity contribution in [2.75, 3.05) is 30.5 Å². The van der Waals surface area contributed by atoms with Gasteiger partial charge in [0.2, 0.25) is 5.91 Å². The number of imidazole rings is 1. The molecule has 0 spiro atoms. The topological polar surface area (TPSA) is 101 Å². The van der Waals surface area contributed by atoms with Gasteiger partial charge >= 0.3 is 0 Å². The summed E-state index contributed by atoms with van der Waals surface area (Å²) >= 11 is 0. The summed E-state index contributed by atoms with van der Waals surface area (Å²) in [4.78, 5) is 21.9. The second-order valence-corrected chi connectivity index (χ2v) is 4.06. The highest BCUT2D eigenvalue weighted by Gasteiger charge is 2.14. The van der Waals surface area contributed by atoms with E-state index in [0.29, 0.717) is 23.8 Å². The van der Waals surface area contributed by atoms with E-state index in [1.165, 1.54) is 0 Å². The van der Waals surface area contributed by atoms with Gasteiger partial charge in [0.05, 0.1) is 12.7 Å². The fourth-order valence-electron chi connectivity index (χ4n) is 1.78. The Balaban J connectivity index is 2.32. The first-order valence-corrected chi connectivity index (χ1v) is 5.94. The average Bonchev–Trinajstić information content (AvgIpc) is 2.85. The van der Waals surface area contributed by atoms with Gasteiger partial charge in [0, 0.05) is 26.0 Å². The van der Waals surface area contributed by atoms with E-state index in [1.54, 1.807) is 34.9 Å². The summed E-state index contributed by atoms with van der Waals surface area (Å²) in [5, 5.41) is 2.74. The van der Waals surface area contributed by atoms with Crippen LogP contribution in [0.25, 0.3) is 5.65 Å². The highest BCUT2D eigenvalue weighted by molar-refractivity contribution is 5.82. The predicted octanol–water partition coefficient (Wildman–Crippen LogP) is -0.413. The molecule has 0 aliphatic heterocycles. The first kappa shape index (κ1) is 13.1. The Morgan fingerprint density at radius 1 is 1.58 bits per heavy atom. The van der Waals surface area contributed by atoms with Crippen molar-refractivity contribution in [1.29, 1.82) is 0 Å². The summed E-state index contributed by atoms with van der Waals surface area (Å²) in [5.41, 5.74) is 3.17. The number of rotatable bonds is 5.